The smallest absolute Gasteiger partial charge is 0.0322 e. The standard InChI is InChI=1S/C14H21N/c1-10-5-4-6-13(11(10)2)14(15-3)9-12-7-8-12/h4-6,12,14-15H,7-9H2,1-3H3. The van der Waals surface area contributed by atoms with Crippen LogP contribution >= 0.6 is 0 Å². The van der Waals surface area contributed by atoms with Crippen molar-refractivity contribution in [2.45, 2.75) is 39.2 Å². The summed E-state index contributed by atoms with van der Waals surface area (Å²) in [6.07, 6.45) is 4.17. The molecular weight excluding hydrogens is 182 g/mol. The molecule has 1 heteroatoms. The number of hydrogen-bond donors (Lipinski definition) is 1. The van der Waals surface area contributed by atoms with E-state index >= 15 is 0 Å². The lowest BCUT2D eigenvalue weighted by Crippen LogP contribution is -2.18. The van der Waals surface area contributed by atoms with Crippen molar-refractivity contribution in [2.24, 2.45) is 5.92 Å². The Balaban J connectivity index is 2.20. The van der Waals surface area contributed by atoms with Gasteiger partial charge in [0.05, 0.1) is 0 Å². The molecule has 15 heavy (non-hydrogen) atoms. The maximum Gasteiger partial charge on any atom is 0.0322 e. The molecule has 1 unspecified atom stereocenters. The van der Waals surface area contributed by atoms with E-state index in [0.29, 0.717) is 6.04 Å². The third-order valence-corrected chi connectivity index (χ3v) is 3.64. The zero-order valence-electron chi connectivity index (χ0n) is 10.0. The average Bonchev–Trinajstić information content (AvgIpc) is 3.03. The molecule has 0 aliphatic heterocycles. The molecule has 1 saturated carbocycles. The van der Waals surface area contributed by atoms with Gasteiger partial charge in [0.25, 0.3) is 0 Å². The molecule has 0 spiro atoms. The Morgan fingerprint density at radius 2 is 2.07 bits per heavy atom. The third-order valence-electron chi connectivity index (χ3n) is 3.64. The molecule has 1 aromatic carbocycles. The first-order chi connectivity index (χ1) is 7.22. The quantitative estimate of drug-likeness (QED) is 0.791. The maximum absolute atomic E-state index is 3.46. The summed E-state index contributed by atoms with van der Waals surface area (Å²) in [6.45, 7) is 4.44. The highest BCUT2D eigenvalue weighted by atomic mass is 14.9. The molecule has 1 aliphatic carbocycles. The number of hydrogen-bond acceptors (Lipinski definition) is 1. The first-order valence-corrected chi connectivity index (χ1v) is 5.95. The Morgan fingerprint density at radius 1 is 1.33 bits per heavy atom. The molecule has 1 nitrogen and oxygen atoms in total. The van der Waals surface area contributed by atoms with Crippen molar-refractivity contribution in [3.8, 4) is 0 Å². The summed E-state index contributed by atoms with van der Waals surface area (Å²) in [6, 6.07) is 7.20. The van der Waals surface area contributed by atoms with Gasteiger partial charge in [-0.3, -0.25) is 0 Å². The minimum absolute atomic E-state index is 0.553. The summed E-state index contributed by atoms with van der Waals surface area (Å²) in [4.78, 5) is 0. The number of aryl methyl sites for hydroxylation is 1. The van der Waals surface area contributed by atoms with Gasteiger partial charge in [-0.2, -0.15) is 0 Å². The van der Waals surface area contributed by atoms with Gasteiger partial charge in [0.15, 0.2) is 0 Å². The lowest BCUT2D eigenvalue weighted by molar-refractivity contribution is 0.512. The van der Waals surface area contributed by atoms with E-state index in [9.17, 15) is 0 Å². The highest BCUT2D eigenvalue weighted by Crippen LogP contribution is 2.38. The Kier molecular flexibility index (Phi) is 3.11. The van der Waals surface area contributed by atoms with E-state index in [2.05, 4.69) is 44.4 Å². The Bertz CT molecular complexity index is 339. The molecule has 0 radical (unpaired) electrons. The van der Waals surface area contributed by atoms with Crippen LogP contribution in [0.4, 0.5) is 0 Å². The molecule has 1 aromatic rings. The third kappa shape index (κ3) is 2.40. The normalized spacial score (nSPS) is 17.8. The number of benzene rings is 1. The fourth-order valence-electron chi connectivity index (χ4n) is 2.24. The fraction of sp³-hybridized carbons (Fsp3) is 0.571. The molecule has 1 N–H and O–H groups in total. The van der Waals surface area contributed by atoms with Crippen LogP contribution in [0.2, 0.25) is 0 Å². The van der Waals surface area contributed by atoms with Crippen molar-refractivity contribution >= 4 is 0 Å². The first kappa shape index (κ1) is 10.7. The zero-order chi connectivity index (χ0) is 10.8. The lowest BCUT2D eigenvalue weighted by Gasteiger charge is -2.19. The second-order valence-corrected chi connectivity index (χ2v) is 4.81. The highest BCUT2D eigenvalue weighted by Gasteiger charge is 2.26. The van der Waals surface area contributed by atoms with E-state index in [1.165, 1.54) is 36.0 Å². The van der Waals surface area contributed by atoms with Crippen molar-refractivity contribution in [1.29, 1.82) is 0 Å². The van der Waals surface area contributed by atoms with E-state index in [-0.39, 0.29) is 0 Å². The molecule has 0 bridgehead atoms. The predicted molar refractivity (Wildman–Crippen MR) is 65.1 cm³/mol. The SMILES string of the molecule is CNC(CC1CC1)c1cccc(C)c1C. The second-order valence-electron chi connectivity index (χ2n) is 4.81. The Hall–Kier alpha value is -0.820. The van der Waals surface area contributed by atoms with Crippen LogP contribution in [0.25, 0.3) is 0 Å². The number of rotatable bonds is 4. The summed E-state index contributed by atoms with van der Waals surface area (Å²) in [5.41, 5.74) is 4.35. The van der Waals surface area contributed by atoms with Crippen molar-refractivity contribution in [2.75, 3.05) is 7.05 Å². The van der Waals surface area contributed by atoms with Crippen LogP contribution < -0.4 is 5.32 Å². The van der Waals surface area contributed by atoms with Crippen molar-refractivity contribution in [3.63, 3.8) is 0 Å². The van der Waals surface area contributed by atoms with Gasteiger partial charge in [-0.1, -0.05) is 31.0 Å². The van der Waals surface area contributed by atoms with Crippen LogP contribution in [0.15, 0.2) is 18.2 Å². The summed E-state index contributed by atoms with van der Waals surface area (Å²) in [5, 5.41) is 3.46. The zero-order valence-corrected chi connectivity index (χ0v) is 10.0. The van der Waals surface area contributed by atoms with Gasteiger partial charge in [0, 0.05) is 6.04 Å². The summed E-state index contributed by atoms with van der Waals surface area (Å²) in [7, 11) is 2.08. The Morgan fingerprint density at radius 3 is 2.67 bits per heavy atom. The van der Waals surface area contributed by atoms with Crippen LogP contribution in [-0.2, 0) is 0 Å². The van der Waals surface area contributed by atoms with E-state index in [0.717, 1.165) is 5.92 Å². The molecule has 1 aliphatic rings. The average molecular weight is 203 g/mol. The molecular formula is C14H21N. The van der Waals surface area contributed by atoms with Crippen LogP contribution in [0.3, 0.4) is 0 Å². The van der Waals surface area contributed by atoms with Crippen molar-refractivity contribution in [3.05, 3.63) is 34.9 Å². The van der Waals surface area contributed by atoms with Gasteiger partial charge in [-0.05, 0) is 49.9 Å². The van der Waals surface area contributed by atoms with Gasteiger partial charge in [-0.15, -0.1) is 0 Å². The monoisotopic (exact) mass is 203 g/mol. The lowest BCUT2D eigenvalue weighted by atomic mass is 9.94. The minimum atomic E-state index is 0.553. The van der Waals surface area contributed by atoms with Crippen LogP contribution in [-0.4, -0.2) is 7.05 Å². The summed E-state index contributed by atoms with van der Waals surface area (Å²) in [5.74, 6) is 0.974. The fourth-order valence-corrected chi connectivity index (χ4v) is 2.24. The van der Waals surface area contributed by atoms with E-state index in [1.54, 1.807) is 0 Å². The van der Waals surface area contributed by atoms with Gasteiger partial charge < -0.3 is 5.32 Å². The van der Waals surface area contributed by atoms with Crippen molar-refractivity contribution < 1.29 is 0 Å². The van der Waals surface area contributed by atoms with E-state index < -0.39 is 0 Å². The molecule has 0 amide bonds. The van der Waals surface area contributed by atoms with Crippen LogP contribution in [0.5, 0.6) is 0 Å². The number of nitrogens with one attached hydrogen (secondary N) is 1. The second kappa shape index (κ2) is 4.36. The molecule has 0 aromatic heterocycles. The minimum Gasteiger partial charge on any atom is -0.313 e. The predicted octanol–water partition coefficient (Wildman–Crippen LogP) is 3.36. The van der Waals surface area contributed by atoms with Crippen LogP contribution in [0.1, 0.15) is 42.0 Å². The molecule has 1 fully saturated rings. The van der Waals surface area contributed by atoms with Gasteiger partial charge >= 0.3 is 0 Å². The molecule has 0 heterocycles. The molecule has 0 saturated heterocycles. The Labute approximate surface area is 92.9 Å². The largest absolute Gasteiger partial charge is 0.313 e. The van der Waals surface area contributed by atoms with E-state index in [4.69, 9.17) is 0 Å². The molecule has 1 atom stereocenters. The molecule has 2 rings (SSSR count). The van der Waals surface area contributed by atoms with Gasteiger partial charge in [0.2, 0.25) is 0 Å². The maximum atomic E-state index is 3.46. The first-order valence-electron chi connectivity index (χ1n) is 5.95. The van der Waals surface area contributed by atoms with Crippen molar-refractivity contribution in [1.82, 2.24) is 5.32 Å². The van der Waals surface area contributed by atoms with Gasteiger partial charge in [0.1, 0.15) is 0 Å². The summed E-state index contributed by atoms with van der Waals surface area (Å²) < 4.78 is 0. The highest BCUT2D eigenvalue weighted by molar-refractivity contribution is 5.35. The van der Waals surface area contributed by atoms with E-state index in [1.807, 2.05) is 0 Å². The van der Waals surface area contributed by atoms with Gasteiger partial charge in [-0.25, -0.2) is 0 Å². The summed E-state index contributed by atoms with van der Waals surface area (Å²) >= 11 is 0. The van der Waals surface area contributed by atoms with Crippen LogP contribution in [0, 0.1) is 19.8 Å². The topological polar surface area (TPSA) is 12.0 Å². The molecule has 82 valence electrons.